The highest BCUT2D eigenvalue weighted by atomic mass is 16.5. The second kappa shape index (κ2) is 6.14. The van der Waals surface area contributed by atoms with E-state index < -0.39 is 5.97 Å². The topological polar surface area (TPSA) is 63.6 Å². The zero-order valence-electron chi connectivity index (χ0n) is 10.5. The Bertz CT molecular complexity index is 337. The van der Waals surface area contributed by atoms with Crippen LogP contribution in [0.2, 0.25) is 0 Å². The molecule has 2 bridgehead atoms. The van der Waals surface area contributed by atoms with Gasteiger partial charge in [0.2, 0.25) is 0 Å². The average Bonchev–Trinajstić information content (AvgIpc) is 2.93. The number of unbranched alkanes of at least 4 members (excludes halogenated alkanes) is 2. The zero-order valence-corrected chi connectivity index (χ0v) is 10.5. The summed E-state index contributed by atoms with van der Waals surface area (Å²) < 4.78 is 5.78. The van der Waals surface area contributed by atoms with Crippen molar-refractivity contribution in [2.75, 3.05) is 0 Å². The molecule has 100 valence electrons. The minimum atomic E-state index is -0.891. The highest BCUT2D eigenvalue weighted by molar-refractivity contribution is 5.79. The summed E-state index contributed by atoms with van der Waals surface area (Å²) in [6.45, 7) is 0. The zero-order chi connectivity index (χ0) is 13.0. The van der Waals surface area contributed by atoms with Gasteiger partial charge < -0.3 is 14.6 Å². The third-order valence-electron chi connectivity index (χ3n) is 4.06. The quantitative estimate of drug-likeness (QED) is 0.428. The van der Waals surface area contributed by atoms with E-state index in [0.29, 0.717) is 12.0 Å². The largest absolute Gasteiger partial charge is 0.478 e. The predicted molar refractivity (Wildman–Crippen MR) is 66.2 cm³/mol. The van der Waals surface area contributed by atoms with Crippen LogP contribution in [0.15, 0.2) is 12.2 Å². The van der Waals surface area contributed by atoms with Crippen LogP contribution in [-0.2, 0) is 14.3 Å². The summed E-state index contributed by atoms with van der Waals surface area (Å²) in [5.41, 5.74) is 0. The second-order valence-corrected chi connectivity index (χ2v) is 5.19. The molecule has 2 heterocycles. The molecule has 0 spiro atoms. The molecule has 0 radical (unpaired) electrons. The normalized spacial score (nSPS) is 34.2. The van der Waals surface area contributed by atoms with Gasteiger partial charge in [0, 0.05) is 12.0 Å². The van der Waals surface area contributed by atoms with Crippen LogP contribution >= 0.6 is 0 Å². The highest BCUT2D eigenvalue weighted by Gasteiger charge is 2.48. The molecule has 2 saturated heterocycles. The number of ether oxygens (including phenoxy) is 1. The Labute approximate surface area is 107 Å². The van der Waals surface area contributed by atoms with Crippen molar-refractivity contribution in [3.05, 3.63) is 12.2 Å². The van der Waals surface area contributed by atoms with Gasteiger partial charge in [-0.05, 0) is 38.0 Å². The number of allylic oxidation sites excluding steroid dienone is 1. The summed E-state index contributed by atoms with van der Waals surface area (Å²) >= 11 is 0. The van der Waals surface area contributed by atoms with Gasteiger partial charge in [0.1, 0.15) is 6.29 Å². The molecule has 0 aromatic rings. The minimum Gasteiger partial charge on any atom is -0.478 e. The van der Waals surface area contributed by atoms with E-state index in [4.69, 9.17) is 9.84 Å². The molecule has 18 heavy (non-hydrogen) atoms. The van der Waals surface area contributed by atoms with E-state index in [1.54, 1.807) is 6.08 Å². The number of fused-ring (bicyclic) bond motifs is 2. The van der Waals surface area contributed by atoms with E-state index >= 15 is 0 Å². The molecule has 0 aromatic carbocycles. The molecule has 0 saturated carbocycles. The van der Waals surface area contributed by atoms with Gasteiger partial charge >= 0.3 is 5.97 Å². The van der Waals surface area contributed by atoms with E-state index in [0.717, 1.165) is 44.8 Å². The van der Waals surface area contributed by atoms with Crippen molar-refractivity contribution in [1.29, 1.82) is 0 Å². The van der Waals surface area contributed by atoms with Crippen LogP contribution in [0.5, 0.6) is 0 Å². The van der Waals surface area contributed by atoms with Crippen molar-refractivity contribution >= 4 is 12.3 Å². The Hall–Kier alpha value is -1.16. The summed E-state index contributed by atoms with van der Waals surface area (Å²) in [5, 5.41) is 8.44. The van der Waals surface area contributed by atoms with Crippen molar-refractivity contribution in [2.45, 2.75) is 50.7 Å². The molecule has 0 amide bonds. The summed E-state index contributed by atoms with van der Waals surface area (Å²) in [6, 6.07) is 0. The molecule has 1 N–H and O–H groups in total. The standard InChI is InChI=1S/C14H20O4/c15-9-11-10(12-7-8-13(11)18-12)5-3-1-2-4-6-14(16)17/h4,6,9-13H,1-3,5,7-8H2,(H,16,17)/t10-,11+,12-,13+/m1/s1. The lowest BCUT2D eigenvalue weighted by Gasteiger charge is -2.23. The molecular weight excluding hydrogens is 232 g/mol. The summed E-state index contributed by atoms with van der Waals surface area (Å²) in [4.78, 5) is 21.3. The van der Waals surface area contributed by atoms with E-state index in [1.807, 2.05) is 0 Å². The fraction of sp³-hybridized carbons (Fsp3) is 0.714. The lowest BCUT2D eigenvalue weighted by atomic mass is 9.77. The molecule has 2 aliphatic rings. The van der Waals surface area contributed by atoms with Crippen LogP contribution in [0.25, 0.3) is 0 Å². The van der Waals surface area contributed by atoms with Crippen molar-refractivity contribution in [3.8, 4) is 0 Å². The molecule has 0 aliphatic carbocycles. The maximum Gasteiger partial charge on any atom is 0.327 e. The molecule has 4 heteroatoms. The van der Waals surface area contributed by atoms with E-state index in [2.05, 4.69) is 0 Å². The monoisotopic (exact) mass is 252 g/mol. The first kappa shape index (κ1) is 13.3. The van der Waals surface area contributed by atoms with Crippen LogP contribution < -0.4 is 0 Å². The Morgan fingerprint density at radius 2 is 2.06 bits per heavy atom. The number of hydrogen-bond donors (Lipinski definition) is 1. The predicted octanol–water partition coefficient (Wildman–Crippen LogP) is 2.18. The number of rotatable bonds is 7. The van der Waals surface area contributed by atoms with Crippen LogP contribution in [0.3, 0.4) is 0 Å². The summed E-state index contributed by atoms with van der Waals surface area (Å²) in [6.07, 6.45) is 10.4. The SMILES string of the molecule is O=C[C@H]1[C@@H](CCCCC=CC(=O)O)[C@H]2CC[C@@H]1O2. The first-order valence-corrected chi connectivity index (χ1v) is 6.72. The maximum atomic E-state index is 11.1. The van der Waals surface area contributed by atoms with Crippen LogP contribution in [0.1, 0.15) is 38.5 Å². The van der Waals surface area contributed by atoms with E-state index in [1.165, 1.54) is 6.08 Å². The van der Waals surface area contributed by atoms with Gasteiger partial charge in [-0.15, -0.1) is 0 Å². The number of carboxylic acids is 1. The van der Waals surface area contributed by atoms with Gasteiger partial charge in [0.05, 0.1) is 12.2 Å². The lowest BCUT2D eigenvalue weighted by molar-refractivity contribution is -0.131. The number of carboxylic acid groups (broad SMARTS) is 1. The Balaban J connectivity index is 1.67. The van der Waals surface area contributed by atoms with Gasteiger partial charge in [-0.3, -0.25) is 0 Å². The minimum absolute atomic E-state index is 0.0957. The van der Waals surface area contributed by atoms with Crippen LogP contribution in [0, 0.1) is 11.8 Å². The smallest absolute Gasteiger partial charge is 0.327 e. The molecule has 2 aliphatic heterocycles. The number of aldehydes is 1. The first-order chi connectivity index (χ1) is 8.72. The number of hydrogen-bond acceptors (Lipinski definition) is 3. The summed E-state index contributed by atoms with van der Waals surface area (Å²) in [7, 11) is 0. The maximum absolute atomic E-state index is 11.1. The van der Waals surface area contributed by atoms with E-state index in [9.17, 15) is 9.59 Å². The Morgan fingerprint density at radius 3 is 2.78 bits per heavy atom. The molecular formula is C14H20O4. The van der Waals surface area contributed by atoms with Crippen LogP contribution in [-0.4, -0.2) is 29.6 Å². The van der Waals surface area contributed by atoms with Crippen molar-refractivity contribution in [3.63, 3.8) is 0 Å². The van der Waals surface area contributed by atoms with E-state index in [-0.39, 0.29) is 12.0 Å². The Morgan fingerprint density at radius 1 is 1.28 bits per heavy atom. The molecule has 0 unspecified atom stereocenters. The number of aliphatic carboxylic acids is 1. The highest BCUT2D eigenvalue weighted by Crippen LogP contribution is 2.44. The van der Waals surface area contributed by atoms with Gasteiger partial charge in [-0.2, -0.15) is 0 Å². The average molecular weight is 252 g/mol. The first-order valence-electron chi connectivity index (χ1n) is 6.72. The van der Waals surface area contributed by atoms with Crippen molar-refractivity contribution < 1.29 is 19.4 Å². The van der Waals surface area contributed by atoms with Gasteiger partial charge in [-0.1, -0.05) is 12.5 Å². The molecule has 2 fully saturated rings. The summed E-state index contributed by atoms with van der Waals surface area (Å²) in [5.74, 6) is -0.402. The molecule has 2 rings (SSSR count). The van der Waals surface area contributed by atoms with Gasteiger partial charge in [0.25, 0.3) is 0 Å². The van der Waals surface area contributed by atoms with Crippen molar-refractivity contribution in [2.24, 2.45) is 11.8 Å². The second-order valence-electron chi connectivity index (χ2n) is 5.19. The number of carbonyl (C=O) groups excluding carboxylic acids is 1. The Kier molecular flexibility index (Phi) is 4.53. The lowest BCUT2D eigenvalue weighted by Crippen LogP contribution is -2.28. The van der Waals surface area contributed by atoms with Crippen LogP contribution in [0.4, 0.5) is 0 Å². The molecule has 0 aromatic heterocycles. The molecule has 4 atom stereocenters. The third-order valence-corrected chi connectivity index (χ3v) is 4.06. The van der Waals surface area contributed by atoms with Gasteiger partial charge in [-0.25, -0.2) is 4.79 Å². The number of carbonyl (C=O) groups is 2. The fourth-order valence-electron chi connectivity index (χ4n) is 3.20. The van der Waals surface area contributed by atoms with Gasteiger partial charge in [0.15, 0.2) is 0 Å². The third kappa shape index (κ3) is 2.99. The fourth-order valence-corrected chi connectivity index (χ4v) is 3.20. The van der Waals surface area contributed by atoms with Crippen molar-refractivity contribution in [1.82, 2.24) is 0 Å². The molecule has 4 nitrogen and oxygen atoms in total.